The van der Waals surface area contributed by atoms with Crippen LogP contribution in [0.2, 0.25) is 0 Å². The number of para-hydroxylation sites is 1. The summed E-state index contributed by atoms with van der Waals surface area (Å²) in [5, 5.41) is 3.70. The standard InChI is InChI=1S/C25H23N3O2S/c1-18-8-6-7-11-23(18)28-16-22(19-9-4-3-5-10-19)27-25(28)31-17-24(29)26-20-12-14-21(30-2)15-13-20/h3-16H,17H2,1-2H3,(H,26,29). The number of hydrogen-bond donors (Lipinski definition) is 1. The van der Waals surface area contributed by atoms with Crippen molar-refractivity contribution in [1.82, 2.24) is 9.55 Å². The Balaban J connectivity index is 1.55. The predicted molar refractivity (Wildman–Crippen MR) is 126 cm³/mol. The summed E-state index contributed by atoms with van der Waals surface area (Å²) in [4.78, 5) is 17.4. The molecule has 0 spiro atoms. The maximum absolute atomic E-state index is 12.5. The lowest BCUT2D eigenvalue weighted by atomic mass is 10.2. The molecule has 1 amide bonds. The van der Waals surface area contributed by atoms with E-state index in [4.69, 9.17) is 9.72 Å². The van der Waals surface area contributed by atoms with Gasteiger partial charge in [-0.25, -0.2) is 4.98 Å². The van der Waals surface area contributed by atoms with Gasteiger partial charge in [-0.05, 0) is 42.8 Å². The molecular formula is C25H23N3O2S. The fourth-order valence-electron chi connectivity index (χ4n) is 3.22. The molecule has 156 valence electrons. The number of anilines is 1. The summed E-state index contributed by atoms with van der Waals surface area (Å²) in [6, 6.07) is 25.5. The fourth-order valence-corrected chi connectivity index (χ4v) is 4.01. The molecule has 1 aromatic heterocycles. The van der Waals surface area contributed by atoms with Crippen molar-refractivity contribution in [3.05, 3.63) is 90.6 Å². The summed E-state index contributed by atoms with van der Waals surface area (Å²) in [5.41, 5.74) is 4.85. The minimum Gasteiger partial charge on any atom is -0.497 e. The summed E-state index contributed by atoms with van der Waals surface area (Å²) in [7, 11) is 1.62. The molecule has 0 unspecified atom stereocenters. The normalized spacial score (nSPS) is 10.6. The van der Waals surface area contributed by atoms with E-state index in [0.717, 1.165) is 39.1 Å². The highest BCUT2D eigenvalue weighted by molar-refractivity contribution is 7.99. The lowest BCUT2D eigenvalue weighted by Crippen LogP contribution is -2.14. The van der Waals surface area contributed by atoms with Crippen LogP contribution < -0.4 is 10.1 Å². The Morgan fingerprint density at radius 1 is 1.00 bits per heavy atom. The van der Waals surface area contributed by atoms with Crippen LogP contribution in [0.1, 0.15) is 5.56 Å². The molecular weight excluding hydrogens is 406 g/mol. The van der Waals surface area contributed by atoms with Gasteiger partial charge in [-0.3, -0.25) is 9.36 Å². The second-order valence-electron chi connectivity index (χ2n) is 7.00. The maximum Gasteiger partial charge on any atom is 0.234 e. The molecule has 0 radical (unpaired) electrons. The van der Waals surface area contributed by atoms with Crippen LogP contribution in [0.25, 0.3) is 16.9 Å². The van der Waals surface area contributed by atoms with Gasteiger partial charge < -0.3 is 10.1 Å². The average molecular weight is 430 g/mol. The van der Waals surface area contributed by atoms with Gasteiger partial charge in [0.15, 0.2) is 5.16 Å². The molecule has 0 aliphatic rings. The molecule has 5 nitrogen and oxygen atoms in total. The number of nitrogens with zero attached hydrogens (tertiary/aromatic N) is 2. The lowest BCUT2D eigenvalue weighted by Gasteiger charge is -2.10. The van der Waals surface area contributed by atoms with Gasteiger partial charge in [0, 0.05) is 17.4 Å². The van der Waals surface area contributed by atoms with E-state index < -0.39 is 0 Å². The van der Waals surface area contributed by atoms with Crippen molar-refractivity contribution in [3.8, 4) is 22.7 Å². The number of amides is 1. The van der Waals surface area contributed by atoms with E-state index >= 15 is 0 Å². The van der Waals surface area contributed by atoms with Gasteiger partial charge in [0.2, 0.25) is 5.91 Å². The monoisotopic (exact) mass is 429 g/mol. The molecule has 0 aliphatic heterocycles. The number of hydrogen-bond acceptors (Lipinski definition) is 4. The van der Waals surface area contributed by atoms with Gasteiger partial charge in [0.25, 0.3) is 0 Å². The highest BCUT2D eigenvalue weighted by Crippen LogP contribution is 2.28. The zero-order chi connectivity index (χ0) is 21.6. The fraction of sp³-hybridized carbons (Fsp3) is 0.120. The van der Waals surface area contributed by atoms with Crippen molar-refractivity contribution < 1.29 is 9.53 Å². The molecule has 0 atom stereocenters. The van der Waals surface area contributed by atoms with Crippen molar-refractivity contribution in [2.75, 3.05) is 18.2 Å². The number of ether oxygens (including phenoxy) is 1. The third-order valence-corrected chi connectivity index (χ3v) is 5.78. The summed E-state index contributed by atoms with van der Waals surface area (Å²) in [5.74, 6) is 0.917. The van der Waals surface area contributed by atoms with Gasteiger partial charge in [-0.15, -0.1) is 0 Å². The number of carbonyl (C=O) groups excluding carboxylic acids is 1. The van der Waals surface area contributed by atoms with E-state index in [2.05, 4.69) is 28.9 Å². The average Bonchev–Trinajstić information content (AvgIpc) is 3.23. The van der Waals surface area contributed by atoms with E-state index in [1.807, 2.05) is 72.9 Å². The quantitative estimate of drug-likeness (QED) is 0.389. The molecule has 1 N–H and O–H groups in total. The summed E-state index contributed by atoms with van der Waals surface area (Å²) in [6.07, 6.45) is 2.03. The van der Waals surface area contributed by atoms with Crippen molar-refractivity contribution in [3.63, 3.8) is 0 Å². The Bertz CT molecular complexity index is 1170. The second kappa shape index (κ2) is 9.53. The minimum atomic E-state index is -0.0873. The number of nitrogens with one attached hydrogen (secondary N) is 1. The van der Waals surface area contributed by atoms with Crippen LogP contribution in [0.5, 0.6) is 5.75 Å². The van der Waals surface area contributed by atoms with Crippen LogP contribution in [0.3, 0.4) is 0 Å². The van der Waals surface area contributed by atoms with E-state index in [9.17, 15) is 4.79 Å². The lowest BCUT2D eigenvalue weighted by molar-refractivity contribution is -0.113. The third-order valence-electron chi connectivity index (χ3n) is 4.82. The second-order valence-corrected chi connectivity index (χ2v) is 7.94. The zero-order valence-corrected chi connectivity index (χ0v) is 18.2. The van der Waals surface area contributed by atoms with Crippen LogP contribution in [-0.4, -0.2) is 28.3 Å². The van der Waals surface area contributed by atoms with E-state index in [-0.39, 0.29) is 11.7 Å². The van der Waals surface area contributed by atoms with E-state index in [1.165, 1.54) is 11.8 Å². The summed E-state index contributed by atoms with van der Waals surface area (Å²) >= 11 is 1.42. The Hall–Kier alpha value is -3.51. The molecule has 0 saturated heterocycles. The number of methoxy groups -OCH3 is 1. The highest BCUT2D eigenvalue weighted by atomic mass is 32.2. The maximum atomic E-state index is 12.5. The number of imidazole rings is 1. The first-order valence-corrected chi connectivity index (χ1v) is 10.9. The Labute approximate surface area is 186 Å². The minimum absolute atomic E-state index is 0.0873. The first-order chi connectivity index (χ1) is 15.1. The number of aromatic nitrogens is 2. The van der Waals surface area contributed by atoms with Gasteiger partial charge in [-0.2, -0.15) is 0 Å². The zero-order valence-electron chi connectivity index (χ0n) is 17.4. The molecule has 0 bridgehead atoms. The molecule has 4 aromatic rings. The van der Waals surface area contributed by atoms with Gasteiger partial charge in [-0.1, -0.05) is 60.3 Å². The Morgan fingerprint density at radius 2 is 1.71 bits per heavy atom. The molecule has 0 fully saturated rings. The largest absolute Gasteiger partial charge is 0.497 e. The number of aryl methyl sites for hydroxylation is 1. The van der Waals surface area contributed by atoms with Crippen LogP contribution in [-0.2, 0) is 4.79 Å². The first-order valence-electron chi connectivity index (χ1n) is 9.91. The van der Waals surface area contributed by atoms with Crippen molar-refractivity contribution in [1.29, 1.82) is 0 Å². The molecule has 31 heavy (non-hydrogen) atoms. The van der Waals surface area contributed by atoms with Crippen molar-refractivity contribution in [2.45, 2.75) is 12.1 Å². The molecule has 6 heteroatoms. The van der Waals surface area contributed by atoms with E-state index in [0.29, 0.717) is 0 Å². The Morgan fingerprint density at radius 3 is 2.42 bits per heavy atom. The summed E-state index contributed by atoms with van der Waals surface area (Å²) < 4.78 is 7.21. The van der Waals surface area contributed by atoms with Crippen molar-refractivity contribution >= 4 is 23.4 Å². The number of benzene rings is 3. The van der Waals surface area contributed by atoms with Crippen LogP contribution >= 0.6 is 11.8 Å². The van der Waals surface area contributed by atoms with Crippen LogP contribution in [0.4, 0.5) is 5.69 Å². The SMILES string of the molecule is COc1ccc(NC(=O)CSc2nc(-c3ccccc3)cn2-c2ccccc2C)cc1. The molecule has 4 rings (SSSR count). The topological polar surface area (TPSA) is 56.1 Å². The molecule has 1 heterocycles. The summed E-state index contributed by atoms with van der Waals surface area (Å²) in [6.45, 7) is 2.07. The predicted octanol–water partition coefficient (Wildman–Crippen LogP) is 5.59. The smallest absolute Gasteiger partial charge is 0.234 e. The van der Waals surface area contributed by atoms with E-state index in [1.54, 1.807) is 7.11 Å². The van der Waals surface area contributed by atoms with Crippen molar-refractivity contribution in [2.24, 2.45) is 0 Å². The number of rotatable bonds is 7. The molecule has 0 saturated carbocycles. The Kier molecular flexibility index (Phi) is 6.38. The number of carbonyl (C=O) groups is 1. The van der Waals surface area contributed by atoms with Gasteiger partial charge in [0.1, 0.15) is 5.75 Å². The first kappa shape index (κ1) is 20.8. The molecule has 0 aliphatic carbocycles. The van der Waals surface area contributed by atoms with Gasteiger partial charge >= 0.3 is 0 Å². The van der Waals surface area contributed by atoms with Crippen LogP contribution in [0, 0.1) is 6.92 Å². The highest BCUT2D eigenvalue weighted by Gasteiger charge is 2.15. The van der Waals surface area contributed by atoms with Gasteiger partial charge in [0.05, 0.1) is 24.2 Å². The van der Waals surface area contributed by atoms with Crippen LogP contribution in [0.15, 0.2) is 90.2 Å². The number of thioether (sulfide) groups is 1. The third kappa shape index (κ3) is 4.98. The molecule has 3 aromatic carbocycles.